The van der Waals surface area contributed by atoms with Gasteiger partial charge < -0.3 is 9.66 Å². The molecule has 0 saturated carbocycles. The van der Waals surface area contributed by atoms with Crippen molar-refractivity contribution >= 4 is 10.1 Å². The van der Waals surface area contributed by atoms with Gasteiger partial charge in [0.05, 0.1) is 22.5 Å². The first kappa shape index (κ1) is 11.2. The zero-order chi connectivity index (χ0) is 5.91. The molecule has 0 aliphatic rings. The quantitative estimate of drug-likeness (QED) is 0.424. The summed E-state index contributed by atoms with van der Waals surface area (Å²) in [6.07, 6.45) is 0. The predicted molar refractivity (Wildman–Crippen MR) is 21.6 cm³/mol. The molecule has 0 spiro atoms. The predicted octanol–water partition coefficient (Wildman–Crippen LogP) is -1.48. The van der Waals surface area contributed by atoms with E-state index < -0.39 is 22.5 Å². The fraction of sp³-hybridized carbons (Fsp3) is 1.00. The minimum absolute atomic E-state index is 0. The fourth-order valence-corrected chi connectivity index (χ4v) is 0.335. The monoisotopic (exact) mass is 188 g/mol. The Morgan fingerprint density at radius 2 is 1.88 bits per heavy atom. The summed E-state index contributed by atoms with van der Waals surface area (Å²) in [6, 6.07) is 0. The first-order valence-corrected chi connectivity index (χ1v) is 3.18. The Hall–Kier alpha value is 0.389. The average Bonchev–Trinajstić information content (AvgIpc) is 1.30. The van der Waals surface area contributed by atoms with E-state index in [1.807, 2.05) is 0 Å². The molecule has 0 aromatic rings. The van der Waals surface area contributed by atoms with Gasteiger partial charge in [0.1, 0.15) is 0 Å². The molecule has 0 aliphatic carbocycles. The Labute approximate surface area is 58.1 Å². The molecule has 54 valence electrons. The standard InChI is InChI=1S/C2H6O4S.Cu/c3-1-2-7(4,5)6;/h3H,1-2H2,(H,4,5,6);/q;+1/p-1. The summed E-state index contributed by atoms with van der Waals surface area (Å²) >= 11 is 0. The molecular weight excluding hydrogens is 184 g/mol. The summed E-state index contributed by atoms with van der Waals surface area (Å²) in [5, 5.41) is 7.82. The maximum Gasteiger partial charge on any atom is 1.00 e. The van der Waals surface area contributed by atoms with Crippen molar-refractivity contribution in [2.45, 2.75) is 0 Å². The van der Waals surface area contributed by atoms with E-state index in [-0.39, 0.29) is 17.1 Å². The van der Waals surface area contributed by atoms with E-state index in [4.69, 9.17) is 5.11 Å². The molecule has 0 rings (SSSR count). The molecule has 8 heavy (non-hydrogen) atoms. The van der Waals surface area contributed by atoms with Crippen LogP contribution in [0.1, 0.15) is 0 Å². The SMILES string of the molecule is O=S(=O)([O-])CCO.[Cu+]. The summed E-state index contributed by atoms with van der Waals surface area (Å²) in [6.45, 7) is -0.591. The van der Waals surface area contributed by atoms with Gasteiger partial charge in [-0.15, -0.1) is 0 Å². The zero-order valence-corrected chi connectivity index (χ0v) is 5.55. The van der Waals surface area contributed by atoms with Gasteiger partial charge in [-0.3, -0.25) is 0 Å². The number of rotatable bonds is 2. The average molecular weight is 189 g/mol. The van der Waals surface area contributed by atoms with Crippen LogP contribution in [-0.2, 0) is 27.2 Å². The summed E-state index contributed by atoms with van der Waals surface area (Å²) < 4.78 is 28.5. The summed E-state index contributed by atoms with van der Waals surface area (Å²) in [5.74, 6) is -0.688. The minimum Gasteiger partial charge on any atom is -0.748 e. The van der Waals surface area contributed by atoms with Crippen LogP contribution in [0.5, 0.6) is 0 Å². The number of hydrogen-bond acceptors (Lipinski definition) is 4. The Kier molecular flexibility index (Phi) is 6.01. The molecule has 0 radical (unpaired) electrons. The van der Waals surface area contributed by atoms with Gasteiger partial charge in [0.25, 0.3) is 0 Å². The second-order valence-corrected chi connectivity index (χ2v) is 2.51. The van der Waals surface area contributed by atoms with Gasteiger partial charge in [-0.2, -0.15) is 0 Å². The number of hydrogen-bond donors (Lipinski definition) is 1. The summed E-state index contributed by atoms with van der Waals surface area (Å²) in [5.41, 5.74) is 0. The smallest absolute Gasteiger partial charge is 0.748 e. The van der Waals surface area contributed by atoms with Gasteiger partial charge in [0, 0.05) is 0 Å². The Bertz CT molecular complexity index is 127. The molecule has 0 aromatic heterocycles. The topological polar surface area (TPSA) is 77.4 Å². The van der Waals surface area contributed by atoms with Crippen molar-refractivity contribution in [2.24, 2.45) is 0 Å². The van der Waals surface area contributed by atoms with Crippen LogP contribution in [-0.4, -0.2) is 30.4 Å². The third-order valence-corrected chi connectivity index (χ3v) is 1.02. The summed E-state index contributed by atoms with van der Waals surface area (Å²) in [4.78, 5) is 0. The molecule has 0 aliphatic heterocycles. The van der Waals surface area contributed by atoms with Crippen molar-refractivity contribution in [3.63, 3.8) is 0 Å². The van der Waals surface area contributed by atoms with Gasteiger partial charge in [0.2, 0.25) is 0 Å². The van der Waals surface area contributed by atoms with E-state index in [1.165, 1.54) is 0 Å². The normalized spacial score (nSPS) is 10.2. The number of aliphatic hydroxyl groups excluding tert-OH is 1. The second-order valence-electron chi connectivity index (χ2n) is 0.985. The molecule has 0 aromatic carbocycles. The Morgan fingerprint density at radius 3 is 1.88 bits per heavy atom. The van der Waals surface area contributed by atoms with Gasteiger partial charge in [-0.05, 0) is 0 Å². The van der Waals surface area contributed by atoms with E-state index in [1.54, 1.807) is 0 Å². The minimum atomic E-state index is -4.17. The molecule has 0 unspecified atom stereocenters. The third-order valence-electron chi connectivity index (χ3n) is 0.341. The Morgan fingerprint density at radius 1 is 1.50 bits per heavy atom. The molecule has 6 heteroatoms. The second kappa shape index (κ2) is 4.29. The number of aliphatic hydroxyl groups is 1. The van der Waals surface area contributed by atoms with Crippen LogP contribution in [0.2, 0.25) is 0 Å². The van der Waals surface area contributed by atoms with E-state index in [2.05, 4.69) is 0 Å². The van der Waals surface area contributed by atoms with Crippen LogP contribution in [0.25, 0.3) is 0 Å². The maximum atomic E-state index is 9.52. The fourth-order valence-electron chi connectivity index (χ4n) is 0.112. The van der Waals surface area contributed by atoms with Crippen molar-refractivity contribution in [3.05, 3.63) is 0 Å². The van der Waals surface area contributed by atoms with Crippen LogP contribution in [0.15, 0.2) is 0 Å². The largest absolute Gasteiger partial charge is 1.00 e. The van der Waals surface area contributed by atoms with E-state index in [9.17, 15) is 13.0 Å². The van der Waals surface area contributed by atoms with Crippen molar-refractivity contribution in [2.75, 3.05) is 12.4 Å². The first-order valence-electron chi connectivity index (χ1n) is 1.60. The van der Waals surface area contributed by atoms with Crippen LogP contribution in [0, 0.1) is 0 Å². The summed E-state index contributed by atoms with van der Waals surface area (Å²) in [7, 11) is -4.17. The maximum absolute atomic E-state index is 9.52. The van der Waals surface area contributed by atoms with Gasteiger partial charge in [-0.25, -0.2) is 8.42 Å². The molecule has 0 fully saturated rings. The molecule has 4 nitrogen and oxygen atoms in total. The van der Waals surface area contributed by atoms with Gasteiger partial charge in [-0.1, -0.05) is 0 Å². The Balaban J connectivity index is 0. The van der Waals surface area contributed by atoms with Crippen molar-refractivity contribution in [3.8, 4) is 0 Å². The third kappa shape index (κ3) is 9.63. The molecule has 0 saturated heterocycles. The van der Waals surface area contributed by atoms with Gasteiger partial charge in [0.15, 0.2) is 0 Å². The molecular formula is C2H5CuO4S. The molecule has 0 atom stereocenters. The zero-order valence-electron chi connectivity index (χ0n) is 3.80. The van der Waals surface area contributed by atoms with Crippen LogP contribution in [0.4, 0.5) is 0 Å². The van der Waals surface area contributed by atoms with Crippen molar-refractivity contribution in [1.82, 2.24) is 0 Å². The van der Waals surface area contributed by atoms with Crippen LogP contribution in [0.3, 0.4) is 0 Å². The van der Waals surface area contributed by atoms with Crippen molar-refractivity contribution in [1.29, 1.82) is 0 Å². The molecule has 0 bridgehead atoms. The molecule has 1 N–H and O–H groups in total. The van der Waals surface area contributed by atoms with E-state index in [0.717, 1.165) is 0 Å². The first-order chi connectivity index (χ1) is 3.06. The van der Waals surface area contributed by atoms with Crippen molar-refractivity contribution < 1.29 is 35.1 Å². The van der Waals surface area contributed by atoms with Crippen LogP contribution >= 0.6 is 0 Å². The van der Waals surface area contributed by atoms with Gasteiger partial charge >= 0.3 is 17.1 Å². The molecule has 0 heterocycles. The molecule has 0 amide bonds. The van der Waals surface area contributed by atoms with Crippen LogP contribution < -0.4 is 0 Å². The van der Waals surface area contributed by atoms with E-state index in [0.29, 0.717) is 0 Å². The van der Waals surface area contributed by atoms with E-state index >= 15 is 0 Å².